The summed E-state index contributed by atoms with van der Waals surface area (Å²) < 4.78 is 15.6. The van der Waals surface area contributed by atoms with Gasteiger partial charge in [0.25, 0.3) is 0 Å². The lowest BCUT2D eigenvalue weighted by molar-refractivity contribution is -0.122. The molecule has 6 heteroatoms. The molecule has 6 nitrogen and oxygen atoms in total. The van der Waals surface area contributed by atoms with Crippen LogP contribution < -0.4 is 11.5 Å². The molecule has 0 bridgehead atoms. The van der Waals surface area contributed by atoms with E-state index in [2.05, 4.69) is 0 Å². The molecule has 0 fully saturated rings. The van der Waals surface area contributed by atoms with Gasteiger partial charge in [0.1, 0.15) is 0 Å². The molecule has 0 aromatic rings. The lowest BCUT2D eigenvalue weighted by atomic mass is 9.96. The van der Waals surface area contributed by atoms with E-state index in [1.54, 1.807) is 14.0 Å². The maximum atomic E-state index is 11.0. The quantitative estimate of drug-likeness (QED) is 0.475. The van der Waals surface area contributed by atoms with Crippen molar-refractivity contribution < 1.29 is 19.0 Å². The topological polar surface area (TPSA) is 96.8 Å². The van der Waals surface area contributed by atoms with Gasteiger partial charge in [-0.3, -0.25) is 4.79 Å². The molecule has 0 rings (SSSR count). The minimum Gasteiger partial charge on any atom is -0.382 e. The van der Waals surface area contributed by atoms with Gasteiger partial charge in [0.2, 0.25) is 5.91 Å². The third-order valence-corrected chi connectivity index (χ3v) is 2.81. The Kier molecular flexibility index (Phi) is 10.8. The van der Waals surface area contributed by atoms with Crippen molar-refractivity contribution >= 4 is 5.91 Å². The second kappa shape index (κ2) is 11.2. The zero-order chi connectivity index (χ0) is 14.6. The van der Waals surface area contributed by atoms with E-state index in [0.29, 0.717) is 39.5 Å². The van der Waals surface area contributed by atoms with Crippen LogP contribution in [0.2, 0.25) is 0 Å². The molecule has 1 unspecified atom stereocenters. The fourth-order valence-corrected chi connectivity index (χ4v) is 1.43. The summed E-state index contributed by atoms with van der Waals surface area (Å²) in [7, 11) is 1.65. The highest BCUT2D eigenvalue weighted by Crippen LogP contribution is 2.09. The lowest BCUT2D eigenvalue weighted by Gasteiger charge is -2.19. The predicted molar refractivity (Wildman–Crippen MR) is 73.8 cm³/mol. The van der Waals surface area contributed by atoms with E-state index in [1.807, 2.05) is 0 Å². The van der Waals surface area contributed by atoms with Crippen LogP contribution in [0.15, 0.2) is 0 Å². The first-order valence-electron chi connectivity index (χ1n) is 6.74. The first kappa shape index (κ1) is 18.3. The third-order valence-electron chi connectivity index (χ3n) is 2.81. The first-order chi connectivity index (χ1) is 9.00. The van der Waals surface area contributed by atoms with Crippen LogP contribution in [0, 0.1) is 0 Å². The van der Waals surface area contributed by atoms with Crippen LogP contribution in [0.4, 0.5) is 0 Å². The molecule has 0 aromatic heterocycles. The molecule has 1 atom stereocenters. The van der Waals surface area contributed by atoms with Crippen molar-refractivity contribution in [2.75, 3.05) is 40.1 Å². The van der Waals surface area contributed by atoms with Gasteiger partial charge in [-0.2, -0.15) is 0 Å². The van der Waals surface area contributed by atoms with E-state index in [-0.39, 0.29) is 0 Å². The summed E-state index contributed by atoms with van der Waals surface area (Å²) >= 11 is 0. The Morgan fingerprint density at radius 2 is 1.58 bits per heavy atom. The molecule has 0 heterocycles. The lowest BCUT2D eigenvalue weighted by Crippen LogP contribution is -2.49. The summed E-state index contributed by atoms with van der Waals surface area (Å²) in [6.07, 6.45) is 3.18. The second-order valence-electron chi connectivity index (χ2n) is 4.81. The molecule has 0 radical (unpaired) electrons. The van der Waals surface area contributed by atoms with Crippen LogP contribution in [0.5, 0.6) is 0 Å². The Morgan fingerprint density at radius 3 is 2.16 bits per heavy atom. The van der Waals surface area contributed by atoms with Crippen LogP contribution in [-0.4, -0.2) is 51.6 Å². The minimum atomic E-state index is -0.908. The van der Waals surface area contributed by atoms with Crippen LogP contribution in [0.25, 0.3) is 0 Å². The molecule has 0 spiro atoms. The number of hydrogen-bond donors (Lipinski definition) is 2. The van der Waals surface area contributed by atoms with Crippen LogP contribution in [0.3, 0.4) is 0 Å². The molecule has 4 N–H and O–H groups in total. The fourth-order valence-electron chi connectivity index (χ4n) is 1.43. The smallest absolute Gasteiger partial charge is 0.237 e. The van der Waals surface area contributed by atoms with Gasteiger partial charge in [-0.25, -0.2) is 0 Å². The standard InChI is InChI=1S/C13H28N2O4/c1-13(15,12(14)16)6-3-4-7-18-8-5-9-19-11-10-17-2/h3-11,15H2,1-2H3,(H2,14,16). The van der Waals surface area contributed by atoms with Crippen LogP contribution >= 0.6 is 0 Å². The van der Waals surface area contributed by atoms with Gasteiger partial charge in [-0.15, -0.1) is 0 Å². The molecule has 0 aromatic carbocycles. The van der Waals surface area contributed by atoms with Gasteiger partial charge in [0, 0.05) is 26.9 Å². The molecular formula is C13H28N2O4. The molecule has 19 heavy (non-hydrogen) atoms. The average molecular weight is 276 g/mol. The Balaban J connectivity index is 3.21. The predicted octanol–water partition coefficient (Wildman–Crippen LogP) is 0.429. The normalized spacial score (nSPS) is 14.3. The number of primary amides is 1. The molecular weight excluding hydrogens is 248 g/mol. The van der Waals surface area contributed by atoms with Crippen molar-refractivity contribution in [2.45, 2.75) is 38.1 Å². The number of unbranched alkanes of at least 4 members (excludes halogenated alkanes) is 1. The number of carbonyl (C=O) groups is 1. The van der Waals surface area contributed by atoms with Gasteiger partial charge in [-0.05, 0) is 32.6 Å². The minimum absolute atomic E-state index is 0.457. The fraction of sp³-hybridized carbons (Fsp3) is 0.923. The molecule has 0 aliphatic rings. The summed E-state index contributed by atoms with van der Waals surface area (Å²) in [5.74, 6) is -0.457. The Morgan fingerprint density at radius 1 is 1.00 bits per heavy atom. The Labute approximate surface area is 115 Å². The maximum absolute atomic E-state index is 11.0. The SMILES string of the molecule is COCCOCCCOCCCCC(C)(N)C(N)=O. The van der Waals surface area contributed by atoms with Gasteiger partial charge in [0.15, 0.2) is 0 Å². The van der Waals surface area contributed by atoms with Crippen molar-refractivity contribution in [1.29, 1.82) is 0 Å². The zero-order valence-corrected chi connectivity index (χ0v) is 12.2. The highest BCUT2D eigenvalue weighted by Gasteiger charge is 2.24. The summed E-state index contributed by atoms with van der Waals surface area (Å²) in [6, 6.07) is 0. The monoisotopic (exact) mass is 276 g/mol. The largest absolute Gasteiger partial charge is 0.382 e. The first-order valence-corrected chi connectivity index (χ1v) is 6.74. The number of nitrogens with two attached hydrogens (primary N) is 2. The average Bonchev–Trinajstić information content (AvgIpc) is 2.35. The molecule has 1 amide bonds. The van der Waals surface area contributed by atoms with Crippen LogP contribution in [-0.2, 0) is 19.0 Å². The van der Waals surface area contributed by atoms with Crippen LogP contribution in [0.1, 0.15) is 32.6 Å². The number of hydrogen-bond acceptors (Lipinski definition) is 5. The van der Waals surface area contributed by atoms with E-state index in [1.165, 1.54) is 0 Å². The van der Waals surface area contributed by atoms with Gasteiger partial charge < -0.3 is 25.7 Å². The number of ether oxygens (including phenoxy) is 3. The van der Waals surface area contributed by atoms with Gasteiger partial charge in [-0.1, -0.05) is 0 Å². The van der Waals surface area contributed by atoms with Crippen molar-refractivity contribution in [3.8, 4) is 0 Å². The van der Waals surface area contributed by atoms with E-state index in [4.69, 9.17) is 25.7 Å². The third kappa shape index (κ3) is 10.9. The van der Waals surface area contributed by atoms with Crippen molar-refractivity contribution in [2.24, 2.45) is 11.5 Å². The highest BCUT2D eigenvalue weighted by molar-refractivity contribution is 5.83. The molecule has 0 aliphatic carbocycles. The summed E-state index contributed by atoms with van der Waals surface area (Å²) in [5.41, 5.74) is 10.0. The summed E-state index contributed by atoms with van der Waals surface area (Å²) in [6.45, 7) is 4.95. The van der Waals surface area contributed by atoms with Gasteiger partial charge in [0.05, 0.1) is 18.8 Å². The van der Waals surface area contributed by atoms with E-state index >= 15 is 0 Å². The number of methoxy groups -OCH3 is 1. The number of rotatable bonds is 13. The summed E-state index contributed by atoms with van der Waals surface area (Å²) in [4.78, 5) is 11.0. The van der Waals surface area contributed by atoms with Crippen molar-refractivity contribution in [1.82, 2.24) is 0 Å². The highest BCUT2D eigenvalue weighted by atomic mass is 16.5. The van der Waals surface area contributed by atoms with Crippen molar-refractivity contribution in [3.05, 3.63) is 0 Å². The summed E-state index contributed by atoms with van der Waals surface area (Å²) in [5, 5.41) is 0. The number of amides is 1. The zero-order valence-electron chi connectivity index (χ0n) is 12.2. The Hall–Kier alpha value is -0.690. The maximum Gasteiger partial charge on any atom is 0.237 e. The number of carbonyl (C=O) groups excluding carboxylic acids is 1. The van der Waals surface area contributed by atoms with E-state index in [9.17, 15) is 4.79 Å². The molecule has 0 saturated heterocycles. The van der Waals surface area contributed by atoms with Crippen molar-refractivity contribution in [3.63, 3.8) is 0 Å². The molecule has 0 saturated carbocycles. The van der Waals surface area contributed by atoms with E-state index < -0.39 is 11.4 Å². The second-order valence-corrected chi connectivity index (χ2v) is 4.81. The van der Waals surface area contributed by atoms with Gasteiger partial charge >= 0.3 is 0 Å². The molecule has 114 valence electrons. The molecule has 0 aliphatic heterocycles. The van der Waals surface area contributed by atoms with E-state index in [0.717, 1.165) is 19.3 Å². The Bertz CT molecular complexity index is 235.